The number of hydrogen-bond donors (Lipinski definition) is 2. The lowest BCUT2D eigenvalue weighted by molar-refractivity contribution is -0.138. The molecular formula is C12H15NO3. The maximum absolute atomic E-state index is 11.0. The number of aryl methyl sites for hydroxylation is 1. The molecule has 0 spiro atoms. The van der Waals surface area contributed by atoms with Gasteiger partial charge in [0.2, 0.25) is 0 Å². The molecule has 0 fully saturated rings. The molecule has 0 aliphatic rings. The molecule has 4 nitrogen and oxygen atoms in total. The van der Waals surface area contributed by atoms with Crippen LogP contribution in [0.3, 0.4) is 0 Å². The van der Waals surface area contributed by atoms with E-state index in [0.29, 0.717) is 18.4 Å². The van der Waals surface area contributed by atoms with Gasteiger partial charge in [-0.1, -0.05) is 24.3 Å². The van der Waals surface area contributed by atoms with E-state index in [1.165, 1.54) is 6.92 Å². The summed E-state index contributed by atoms with van der Waals surface area (Å²) in [7, 11) is 0. The van der Waals surface area contributed by atoms with Gasteiger partial charge in [0.25, 0.3) is 0 Å². The van der Waals surface area contributed by atoms with Crippen molar-refractivity contribution >= 4 is 11.8 Å². The predicted octanol–water partition coefficient (Wildman–Crippen LogP) is 1.23. The standard InChI is InChI=1S/C12H15NO3/c1-8(14)10-5-2-9(3-6-10)4-7-11(13)12(15)16/h2-3,5-6,11H,4,7,13H2,1H3,(H,15,16). The van der Waals surface area contributed by atoms with Crippen molar-refractivity contribution in [3.63, 3.8) is 0 Å². The second-order valence-electron chi connectivity index (χ2n) is 3.74. The summed E-state index contributed by atoms with van der Waals surface area (Å²) < 4.78 is 0. The molecule has 0 aromatic heterocycles. The van der Waals surface area contributed by atoms with Crippen LogP contribution in [0, 0.1) is 0 Å². The van der Waals surface area contributed by atoms with E-state index in [0.717, 1.165) is 5.56 Å². The minimum atomic E-state index is -0.986. The first-order chi connectivity index (χ1) is 7.50. The van der Waals surface area contributed by atoms with Gasteiger partial charge in [-0.25, -0.2) is 0 Å². The van der Waals surface area contributed by atoms with E-state index in [2.05, 4.69) is 0 Å². The van der Waals surface area contributed by atoms with Gasteiger partial charge in [-0.05, 0) is 25.3 Å². The lowest BCUT2D eigenvalue weighted by Crippen LogP contribution is -2.30. The molecule has 0 heterocycles. The Morgan fingerprint density at radius 3 is 2.31 bits per heavy atom. The van der Waals surface area contributed by atoms with Crippen molar-refractivity contribution in [2.45, 2.75) is 25.8 Å². The monoisotopic (exact) mass is 221 g/mol. The highest BCUT2D eigenvalue weighted by molar-refractivity contribution is 5.94. The molecule has 0 saturated carbocycles. The highest BCUT2D eigenvalue weighted by Gasteiger charge is 2.10. The van der Waals surface area contributed by atoms with Crippen molar-refractivity contribution < 1.29 is 14.7 Å². The van der Waals surface area contributed by atoms with E-state index in [1.54, 1.807) is 12.1 Å². The van der Waals surface area contributed by atoms with E-state index in [9.17, 15) is 9.59 Å². The van der Waals surface area contributed by atoms with Crippen LogP contribution in [0.1, 0.15) is 29.3 Å². The molecular weight excluding hydrogens is 206 g/mol. The summed E-state index contributed by atoms with van der Waals surface area (Å²) in [5.41, 5.74) is 7.04. The number of ketones is 1. The summed E-state index contributed by atoms with van der Waals surface area (Å²) in [5.74, 6) is -0.964. The molecule has 0 bridgehead atoms. The maximum atomic E-state index is 11.0. The average Bonchev–Trinajstić information content (AvgIpc) is 2.26. The van der Waals surface area contributed by atoms with Crippen LogP contribution in [0.2, 0.25) is 0 Å². The fourth-order valence-electron chi connectivity index (χ4n) is 1.35. The number of carbonyl (C=O) groups is 2. The van der Waals surface area contributed by atoms with Gasteiger partial charge >= 0.3 is 5.97 Å². The normalized spacial score (nSPS) is 12.1. The Morgan fingerprint density at radius 2 is 1.88 bits per heavy atom. The van der Waals surface area contributed by atoms with Gasteiger partial charge in [-0.3, -0.25) is 9.59 Å². The van der Waals surface area contributed by atoms with Crippen LogP contribution in [-0.4, -0.2) is 22.9 Å². The molecule has 1 aromatic rings. The molecule has 0 aliphatic heterocycles. The number of rotatable bonds is 5. The number of nitrogens with two attached hydrogens (primary N) is 1. The molecule has 1 unspecified atom stereocenters. The van der Waals surface area contributed by atoms with Crippen LogP contribution in [0.4, 0.5) is 0 Å². The third kappa shape index (κ3) is 3.47. The van der Waals surface area contributed by atoms with Gasteiger partial charge < -0.3 is 10.8 Å². The molecule has 0 saturated heterocycles. The Morgan fingerprint density at radius 1 is 1.31 bits per heavy atom. The van der Waals surface area contributed by atoms with Gasteiger partial charge in [0.05, 0.1) is 0 Å². The Balaban J connectivity index is 2.56. The van der Waals surface area contributed by atoms with Crippen molar-refractivity contribution in [3.05, 3.63) is 35.4 Å². The van der Waals surface area contributed by atoms with Gasteiger partial charge in [0, 0.05) is 5.56 Å². The Labute approximate surface area is 94.1 Å². The largest absolute Gasteiger partial charge is 0.480 e. The van der Waals surface area contributed by atoms with Gasteiger partial charge in [0.15, 0.2) is 5.78 Å². The third-order valence-corrected chi connectivity index (χ3v) is 2.42. The zero-order valence-electron chi connectivity index (χ0n) is 9.14. The summed E-state index contributed by atoms with van der Waals surface area (Å²) in [6.45, 7) is 1.51. The Hall–Kier alpha value is -1.68. The van der Waals surface area contributed by atoms with Crippen LogP contribution in [-0.2, 0) is 11.2 Å². The van der Waals surface area contributed by atoms with E-state index < -0.39 is 12.0 Å². The van der Waals surface area contributed by atoms with Crippen LogP contribution in [0.25, 0.3) is 0 Å². The lowest BCUT2D eigenvalue weighted by atomic mass is 10.0. The minimum absolute atomic E-state index is 0.0220. The van der Waals surface area contributed by atoms with Gasteiger partial charge in [0.1, 0.15) is 6.04 Å². The summed E-state index contributed by atoms with van der Waals surface area (Å²) in [4.78, 5) is 21.5. The van der Waals surface area contributed by atoms with Crippen molar-refractivity contribution in [2.75, 3.05) is 0 Å². The number of aliphatic carboxylic acids is 1. The molecule has 0 amide bonds. The zero-order valence-corrected chi connectivity index (χ0v) is 9.14. The van der Waals surface area contributed by atoms with Crippen LogP contribution in [0.15, 0.2) is 24.3 Å². The van der Waals surface area contributed by atoms with Crippen LogP contribution in [0.5, 0.6) is 0 Å². The first-order valence-corrected chi connectivity index (χ1v) is 5.09. The van der Waals surface area contributed by atoms with Crippen molar-refractivity contribution in [2.24, 2.45) is 5.73 Å². The SMILES string of the molecule is CC(=O)c1ccc(CCC(N)C(=O)O)cc1. The molecule has 3 N–H and O–H groups in total. The minimum Gasteiger partial charge on any atom is -0.480 e. The molecule has 1 aromatic carbocycles. The maximum Gasteiger partial charge on any atom is 0.320 e. The Kier molecular flexibility index (Phi) is 4.19. The lowest BCUT2D eigenvalue weighted by Gasteiger charge is -2.06. The average molecular weight is 221 g/mol. The van der Waals surface area contributed by atoms with Crippen molar-refractivity contribution in [1.29, 1.82) is 0 Å². The number of carboxylic acids is 1. The first-order valence-electron chi connectivity index (χ1n) is 5.09. The number of carbonyl (C=O) groups excluding carboxylic acids is 1. The van der Waals surface area contributed by atoms with Gasteiger partial charge in [-0.2, -0.15) is 0 Å². The number of hydrogen-bond acceptors (Lipinski definition) is 3. The fourth-order valence-corrected chi connectivity index (χ4v) is 1.35. The summed E-state index contributed by atoms with van der Waals surface area (Å²) in [6, 6.07) is 6.30. The molecule has 1 atom stereocenters. The van der Waals surface area contributed by atoms with E-state index in [-0.39, 0.29) is 5.78 Å². The molecule has 4 heteroatoms. The summed E-state index contributed by atoms with van der Waals surface area (Å²) in [5, 5.41) is 8.61. The van der Waals surface area contributed by atoms with Crippen LogP contribution < -0.4 is 5.73 Å². The summed E-state index contributed by atoms with van der Waals surface area (Å²) in [6.07, 6.45) is 1.00. The van der Waals surface area contributed by atoms with E-state index in [1.807, 2.05) is 12.1 Å². The van der Waals surface area contributed by atoms with Crippen LogP contribution >= 0.6 is 0 Å². The molecule has 86 valence electrons. The van der Waals surface area contributed by atoms with E-state index >= 15 is 0 Å². The predicted molar refractivity (Wildman–Crippen MR) is 60.4 cm³/mol. The number of carboxylic acid groups (broad SMARTS) is 1. The molecule has 0 aliphatic carbocycles. The fraction of sp³-hybridized carbons (Fsp3) is 0.333. The highest BCUT2D eigenvalue weighted by Crippen LogP contribution is 2.08. The van der Waals surface area contributed by atoms with Crippen molar-refractivity contribution in [3.8, 4) is 0 Å². The second kappa shape index (κ2) is 5.42. The number of Topliss-reactive ketones (excluding diaryl/α,β-unsaturated/α-hetero) is 1. The highest BCUT2D eigenvalue weighted by atomic mass is 16.4. The molecule has 0 radical (unpaired) electrons. The van der Waals surface area contributed by atoms with Crippen molar-refractivity contribution in [1.82, 2.24) is 0 Å². The molecule has 1 rings (SSSR count). The second-order valence-corrected chi connectivity index (χ2v) is 3.74. The summed E-state index contributed by atoms with van der Waals surface area (Å²) >= 11 is 0. The Bertz CT molecular complexity index is 384. The van der Waals surface area contributed by atoms with Gasteiger partial charge in [-0.15, -0.1) is 0 Å². The quantitative estimate of drug-likeness (QED) is 0.733. The number of benzene rings is 1. The topological polar surface area (TPSA) is 80.4 Å². The zero-order chi connectivity index (χ0) is 12.1. The third-order valence-electron chi connectivity index (χ3n) is 2.42. The smallest absolute Gasteiger partial charge is 0.320 e. The van der Waals surface area contributed by atoms with E-state index in [4.69, 9.17) is 10.8 Å². The first kappa shape index (κ1) is 12.4. The molecule has 16 heavy (non-hydrogen) atoms.